The highest BCUT2D eigenvalue weighted by atomic mass is 16.2. The van der Waals surface area contributed by atoms with Gasteiger partial charge in [-0.15, -0.1) is 0 Å². The summed E-state index contributed by atoms with van der Waals surface area (Å²) in [5.74, 6) is 0.0345. The minimum atomic E-state index is -0.00233. The number of fused-ring (bicyclic) bond motifs is 3. The van der Waals surface area contributed by atoms with Crippen LogP contribution < -0.4 is 4.90 Å². The van der Waals surface area contributed by atoms with Gasteiger partial charge in [0.25, 0.3) is 5.91 Å². The Hall–Kier alpha value is -3.45. The summed E-state index contributed by atoms with van der Waals surface area (Å²) in [7, 11) is 0. The van der Waals surface area contributed by atoms with E-state index in [1.165, 1.54) is 5.56 Å². The smallest absolute Gasteiger partial charge is 0.272 e. The third kappa shape index (κ3) is 5.47. The predicted octanol–water partition coefficient (Wildman–Crippen LogP) is 4.73. The van der Waals surface area contributed by atoms with Gasteiger partial charge < -0.3 is 9.80 Å². The number of hydrogen-bond donors (Lipinski definition) is 0. The highest BCUT2D eigenvalue weighted by molar-refractivity contribution is 5.94. The third-order valence-corrected chi connectivity index (χ3v) is 7.78. The van der Waals surface area contributed by atoms with E-state index in [2.05, 4.69) is 41.2 Å². The van der Waals surface area contributed by atoms with Crippen LogP contribution in [0.15, 0.2) is 66.9 Å². The number of aryl methyl sites for hydroxylation is 1. The van der Waals surface area contributed by atoms with Gasteiger partial charge in [0.05, 0.1) is 0 Å². The van der Waals surface area contributed by atoms with E-state index in [9.17, 15) is 9.59 Å². The quantitative estimate of drug-likeness (QED) is 0.509. The molecule has 2 amide bonds. The van der Waals surface area contributed by atoms with Crippen LogP contribution in [0.25, 0.3) is 0 Å². The molecule has 37 heavy (non-hydrogen) atoms. The van der Waals surface area contributed by atoms with E-state index in [4.69, 9.17) is 0 Å². The maximum Gasteiger partial charge on any atom is 0.272 e. The molecular weight excluding hydrogens is 462 g/mol. The molecule has 2 bridgehead atoms. The zero-order valence-corrected chi connectivity index (χ0v) is 21.9. The lowest BCUT2D eigenvalue weighted by Crippen LogP contribution is -2.45. The summed E-state index contributed by atoms with van der Waals surface area (Å²) in [5, 5.41) is 4.42. The Kier molecular flexibility index (Phi) is 7.70. The number of nitrogens with zero attached hydrogens (tertiary/aromatic N) is 5. The molecule has 0 radical (unpaired) electrons. The summed E-state index contributed by atoms with van der Waals surface area (Å²) in [4.78, 5) is 33.3. The summed E-state index contributed by atoms with van der Waals surface area (Å²) < 4.78 is 1.82. The van der Waals surface area contributed by atoms with E-state index >= 15 is 0 Å². The van der Waals surface area contributed by atoms with Crippen molar-refractivity contribution < 1.29 is 9.59 Å². The molecule has 0 saturated carbocycles. The monoisotopic (exact) mass is 499 g/mol. The average Bonchev–Trinajstić information content (AvgIpc) is 3.51. The highest BCUT2D eigenvalue weighted by Crippen LogP contribution is 2.33. The first-order valence-corrected chi connectivity index (χ1v) is 13.5. The molecule has 7 nitrogen and oxygen atoms in total. The van der Waals surface area contributed by atoms with E-state index in [1.54, 1.807) is 13.1 Å². The van der Waals surface area contributed by atoms with Crippen LogP contribution in [0.5, 0.6) is 0 Å². The summed E-state index contributed by atoms with van der Waals surface area (Å²) in [6.45, 7) is 7.07. The van der Waals surface area contributed by atoms with Crippen molar-refractivity contribution in [2.24, 2.45) is 0 Å². The Morgan fingerprint density at radius 3 is 2.49 bits per heavy atom. The van der Waals surface area contributed by atoms with Crippen LogP contribution in [-0.4, -0.2) is 56.6 Å². The van der Waals surface area contributed by atoms with Gasteiger partial charge in [0.2, 0.25) is 5.91 Å². The second-order valence-corrected chi connectivity index (χ2v) is 10.3. The van der Waals surface area contributed by atoms with E-state index in [0.717, 1.165) is 43.5 Å². The number of anilines is 1. The molecule has 5 rings (SSSR count). The molecule has 3 heterocycles. The van der Waals surface area contributed by atoms with E-state index < -0.39 is 0 Å². The normalized spacial score (nSPS) is 20.4. The van der Waals surface area contributed by atoms with Crippen molar-refractivity contribution in [1.82, 2.24) is 19.6 Å². The number of benzene rings is 2. The molecule has 0 aliphatic carbocycles. The van der Waals surface area contributed by atoms with Crippen LogP contribution in [0.4, 0.5) is 5.69 Å². The van der Waals surface area contributed by atoms with Crippen molar-refractivity contribution in [3.05, 3.63) is 83.7 Å². The Morgan fingerprint density at radius 1 is 0.946 bits per heavy atom. The minimum Gasteiger partial charge on any atom is -0.331 e. The molecule has 1 fully saturated rings. The van der Waals surface area contributed by atoms with Gasteiger partial charge in [-0.05, 0) is 48.9 Å². The molecule has 0 spiro atoms. The number of carbonyl (C=O) groups is 2. The Balaban J connectivity index is 1.54. The van der Waals surface area contributed by atoms with Gasteiger partial charge in [-0.3, -0.25) is 19.2 Å². The first kappa shape index (κ1) is 25.2. The standard InChI is InChI=1S/C30H37N5O2/c1-3-18-35-29(15-17-31-35)30(37)32-21-25-11-7-8-12-28(25)33(23(2)36)19-16-26-13-14-27(22-32)34(26)20-24-9-5-4-6-10-24/h4-12,15,17,26-27H,3,13-14,16,18-22H2,1-2H3/t26-,27+/m0/s1. The number of aromatic nitrogens is 2. The number of hydrogen-bond acceptors (Lipinski definition) is 4. The molecule has 1 aromatic heterocycles. The van der Waals surface area contributed by atoms with Gasteiger partial charge in [0, 0.05) is 63.6 Å². The van der Waals surface area contributed by atoms with Gasteiger partial charge in [0.1, 0.15) is 5.69 Å². The maximum atomic E-state index is 14.0. The van der Waals surface area contributed by atoms with Crippen molar-refractivity contribution in [2.75, 3.05) is 18.0 Å². The molecule has 0 unspecified atom stereocenters. The maximum absolute atomic E-state index is 14.0. The van der Waals surface area contributed by atoms with Crippen molar-refractivity contribution >= 4 is 17.5 Å². The highest BCUT2D eigenvalue weighted by Gasteiger charge is 2.37. The fourth-order valence-electron chi connectivity index (χ4n) is 5.95. The second-order valence-electron chi connectivity index (χ2n) is 10.3. The topological polar surface area (TPSA) is 61.7 Å². The molecule has 0 N–H and O–H groups in total. The predicted molar refractivity (Wildman–Crippen MR) is 145 cm³/mol. The van der Waals surface area contributed by atoms with Gasteiger partial charge >= 0.3 is 0 Å². The number of para-hydroxylation sites is 1. The Bertz CT molecular complexity index is 1220. The van der Waals surface area contributed by atoms with E-state index in [0.29, 0.717) is 37.9 Å². The van der Waals surface area contributed by atoms with Gasteiger partial charge in [-0.1, -0.05) is 55.5 Å². The summed E-state index contributed by atoms with van der Waals surface area (Å²) >= 11 is 0. The molecule has 7 heteroatoms. The lowest BCUT2D eigenvalue weighted by Gasteiger charge is -2.34. The summed E-state index contributed by atoms with van der Waals surface area (Å²) in [5.41, 5.74) is 3.81. The first-order chi connectivity index (χ1) is 18.0. The Morgan fingerprint density at radius 2 is 1.70 bits per heavy atom. The molecule has 1 saturated heterocycles. The van der Waals surface area contributed by atoms with Crippen molar-refractivity contribution in [1.29, 1.82) is 0 Å². The van der Waals surface area contributed by atoms with Crippen molar-refractivity contribution in [2.45, 2.75) is 71.2 Å². The van der Waals surface area contributed by atoms with Crippen LogP contribution in [0.3, 0.4) is 0 Å². The fourth-order valence-corrected chi connectivity index (χ4v) is 5.95. The SMILES string of the molecule is CCCn1nccc1C(=O)N1Cc2ccccc2N(C(C)=O)CC[C@@H]2CC[C@H](C1)N2Cc1ccccc1. The number of rotatable bonds is 5. The van der Waals surface area contributed by atoms with Crippen molar-refractivity contribution in [3.63, 3.8) is 0 Å². The molecule has 2 atom stereocenters. The van der Waals surface area contributed by atoms with E-state index in [1.807, 2.05) is 50.9 Å². The fraction of sp³-hybridized carbons (Fsp3) is 0.433. The second kappa shape index (κ2) is 11.3. The molecule has 3 aromatic rings. The van der Waals surface area contributed by atoms with Gasteiger partial charge in [-0.25, -0.2) is 0 Å². The summed E-state index contributed by atoms with van der Waals surface area (Å²) in [6.07, 6.45) is 5.65. The minimum absolute atomic E-state index is 0.00233. The molecule has 2 aliphatic heterocycles. The average molecular weight is 500 g/mol. The Labute approximate surface area is 219 Å². The van der Waals surface area contributed by atoms with Crippen LogP contribution in [0.2, 0.25) is 0 Å². The van der Waals surface area contributed by atoms with Crippen LogP contribution in [-0.2, 0) is 24.4 Å². The summed E-state index contributed by atoms with van der Waals surface area (Å²) in [6, 6.07) is 21.1. The lowest BCUT2D eigenvalue weighted by atomic mass is 10.1. The molecule has 2 aromatic carbocycles. The van der Waals surface area contributed by atoms with Gasteiger partial charge in [-0.2, -0.15) is 5.10 Å². The third-order valence-electron chi connectivity index (χ3n) is 7.78. The molecular formula is C30H37N5O2. The van der Waals surface area contributed by atoms with Crippen LogP contribution in [0.1, 0.15) is 61.1 Å². The number of carbonyl (C=O) groups excluding carboxylic acids is 2. The first-order valence-electron chi connectivity index (χ1n) is 13.5. The zero-order valence-electron chi connectivity index (χ0n) is 21.9. The van der Waals surface area contributed by atoms with E-state index in [-0.39, 0.29) is 17.9 Å². The van der Waals surface area contributed by atoms with Crippen LogP contribution >= 0.6 is 0 Å². The molecule has 2 aliphatic rings. The largest absolute Gasteiger partial charge is 0.331 e. The number of amides is 2. The zero-order chi connectivity index (χ0) is 25.8. The van der Waals surface area contributed by atoms with Crippen molar-refractivity contribution in [3.8, 4) is 0 Å². The van der Waals surface area contributed by atoms with Gasteiger partial charge in [0.15, 0.2) is 0 Å². The molecule has 194 valence electrons. The van der Waals surface area contributed by atoms with Crippen LogP contribution in [0, 0.1) is 0 Å². The lowest BCUT2D eigenvalue weighted by molar-refractivity contribution is -0.116.